The van der Waals surface area contributed by atoms with Gasteiger partial charge in [-0.3, -0.25) is 0 Å². The van der Waals surface area contributed by atoms with Gasteiger partial charge < -0.3 is 15.5 Å². The maximum Gasteiger partial charge on any atom is 0.119 e. The number of hydrogen-bond acceptors (Lipinski definition) is 3. The average Bonchev–Trinajstić information content (AvgIpc) is 2.40. The molecule has 0 amide bonds. The summed E-state index contributed by atoms with van der Waals surface area (Å²) in [5.74, 6) is 0.110. The fourth-order valence-corrected chi connectivity index (χ4v) is 2.64. The summed E-state index contributed by atoms with van der Waals surface area (Å²) >= 11 is 12.0. The van der Waals surface area contributed by atoms with Gasteiger partial charge in [-0.15, -0.1) is 0 Å². The van der Waals surface area contributed by atoms with Gasteiger partial charge >= 0.3 is 0 Å². The molecule has 2 rings (SSSR count). The Morgan fingerprint density at radius 1 is 1.05 bits per heavy atom. The molecule has 21 heavy (non-hydrogen) atoms. The van der Waals surface area contributed by atoms with Crippen molar-refractivity contribution in [1.29, 1.82) is 0 Å². The van der Waals surface area contributed by atoms with E-state index in [9.17, 15) is 10.2 Å². The Morgan fingerprint density at radius 3 is 2.33 bits per heavy atom. The molecule has 0 bridgehead atoms. The molecule has 0 aromatic heterocycles. The first-order valence-corrected chi connectivity index (χ1v) is 7.41. The van der Waals surface area contributed by atoms with Crippen LogP contribution in [-0.2, 0) is 6.42 Å². The van der Waals surface area contributed by atoms with E-state index in [4.69, 9.17) is 23.2 Å². The highest BCUT2D eigenvalue weighted by molar-refractivity contribution is 6.35. The first-order chi connectivity index (χ1) is 9.95. The van der Waals surface area contributed by atoms with Crippen LogP contribution in [0.15, 0.2) is 36.4 Å². The van der Waals surface area contributed by atoms with Crippen molar-refractivity contribution in [2.24, 2.45) is 0 Å². The van der Waals surface area contributed by atoms with Crippen molar-refractivity contribution < 1.29 is 10.2 Å². The number of hydrogen-bond donors (Lipinski definition) is 3. The molecule has 1 atom stereocenters. The van der Waals surface area contributed by atoms with Gasteiger partial charge in [0.15, 0.2) is 0 Å². The molecule has 112 valence electrons. The summed E-state index contributed by atoms with van der Waals surface area (Å²) in [6.45, 7) is 2.69. The maximum absolute atomic E-state index is 9.49. The van der Waals surface area contributed by atoms with Crippen molar-refractivity contribution in [3.63, 3.8) is 0 Å². The second-order valence-electron chi connectivity index (χ2n) is 4.94. The second-order valence-corrected chi connectivity index (χ2v) is 5.79. The van der Waals surface area contributed by atoms with E-state index >= 15 is 0 Å². The van der Waals surface area contributed by atoms with Gasteiger partial charge in [0.1, 0.15) is 11.5 Å². The lowest BCUT2D eigenvalue weighted by atomic mass is 10.1. The second kappa shape index (κ2) is 7.03. The summed E-state index contributed by atoms with van der Waals surface area (Å²) in [4.78, 5) is 0. The Balaban J connectivity index is 1.93. The summed E-state index contributed by atoms with van der Waals surface area (Å²) in [5.41, 5.74) is 1.86. The van der Waals surface area contributed by atoms with Crippen LogP contribution in [-0.4, -0.2) is 16.8 Å². The summed E-state index contributed by atoms with van der Waals surface area (Å²) in [5, 5.41) is 23.6. The van der Waals surface area contributed by atoms with Crippen LogP contribution in [0.4, 0.5) is 0 Å². The van der Waals surface area contributed by atoms with Crippen molar-refractivity contribution in [2.75, 3.05) is 6.54 Å². The van der Waals surface area contributed by atoms with Crippen LogP contribution in [0.5, 0.6) is 11.5 Å². The van der Waals surface area contributed by atoms with E-state index in [0.717, 1.165) is 24.1 Å². The number of benzene rings is 2. The molecule has 5 heteroatoms. The van der Waals surface area contributed by atoms with E-state index < -0.39 is 0 Å². The van der Waals surface area contributed by atoms with E-state index in [2.05, 4.69) is 5.32 Å². The molecule has 2 aromatic carbocycles. The van der Waals surface area contributed by atoms with Crippen molar-refractivity contribution in [3.8, 4) is 11.5 Å². The van der Waals surface area contributed by atoms with Crippen molar-refractivity contribution in [1.82, 2.24) is 5.32 Å². The molecule has 0 heterocycles. The van der Waals surface area contributed by atoms with E-state index in [0.29, 0.717) is 10.0 Å². The summed E-state index contributed by atoms with van der Waals surface area (Å²) < 4.78 is 0. The molecule has 0 saturated heterocycles. The number of phenolic OH excluding ortho intramolecular Hbond substituents is 2. The van der Waals surface area contributed by atoms with Crippen LogP contribution in [0.2, 0.25) is 10.0 Å². The van der Waals surface area contributed by atoms with Crippen molar-refractivity contribution in [2.45, 2.75) is 19.4 Å². The highest BCUT2D eigenvalue weighted by Gasteiger charge is 2.08. The summed E-state index contributed by atoms with van der Waals surface area (Å²) in [7, 11) is 0. The van der Waals surface area contributed by atoms with Gasteiger partial charge in [0.2, 0.25) is 0 Å². The minimum absolute atomic E-state index is 0.00840. The van der Waals surface area contributed by atoms with Crippen LogP contribution in [0, 0.1) is 0 Å². The zero-order valence-corrected chi connectivity index (χ0v) is 13.1. The van der Waals surface area contributed by atoms with Crippen LogP contribution >= 0.6 is 23.2 Å². The Hall–Kier alpha value is -1.42. The number of nitrogens with one attached hydrogen (secondary N) is 1. The molecular weight excluding hydrogens is 309 g/mol. The topological polar surface area (TPSA) is 52.5 Å². The minimum atomic E-state index is 0.00840. The zero-order chi connectivity index (χ0) is 15.4. The molecule has 0 aliphatic carbocycles. The monoisotopic (exact) mass is 325 g/mol. The van der Waals surface area contributed by atoms with E-state index in [1.807, 2.05) is 19.1 Å². The Labute approximate surface area is 134 Å². The van der Waals surface area contributed by atoms with Gasteiger partial charge in [-0.1, -0.05) is 29.3 Å². The van der Waals surface area contributed by atoms with Crippen LogP contribution in [0.25, 0.3) is 0 Å². The average molecular weight is 326 g/mol. The largest absolute Gasteiger partial charge is 0.508 e. The fourth-order valence-electron chi connectivity index (χ4n) is 2.13. The third-order valence-corrected chi connectivity index (χ3v) is 3.87. The highest BCUT2D eigenvalue weighted by Crippen LogP contribution is 2.25. The Kier molecular flexibility index (Phi) is 5.34. The predicted octanol–water partition coefficient (Wildman–Crippen LogP) is 4.30. The molecule has 3 nitrogen and oxygen atoms in total. The van der Waals surface area contributed by atoms with E-state index in [-0.39, 0.29) is 17.5 Å². The predicted molar refractivity (Wildman–Crippen MR) is 86.4 cm³/mol. The van der Waals surface area contributed by atoms with Crippen molar-refractivity contribution >= 4 is 23.2 Å². The highest BCUT2D eigenvalue weighted by atomic mass is 35.5. The smallest absolute Gasteiger partial charge is 0.119 e. The van der Waals surface area contributed by atoms with Gasteiger partial charge in [0.25, 0.3) is 0 Å². The normalized spacial score (nSPS) is 12.3. The van der Waals surface area contributed by atoms with Gasteiger partial charge in [0.05, 0.1) is 0 Å². The SMILES string of the molecule is CC(NCCc1ccc(Cl)cc1Cl)c1cc(O)cc(O)c1. The first kappa shape index (κ1) is 16.0. The van der Waals surface area contributed by atoms with Crippen LogP contribution in [0.3, 0.4) is 0 Å². The van der Waals surface area contributed by atoms with Crippen LogP contribution < -0.4 is 5.32 Å². The molecule has 0 spiro atoms. The Morgan fingerprint density at radius 2 is 1.71 bits per heavy atom. The number of rotatable bonds is 5. The molecule has 3 N–H and O–H groups in total. The molecule has 0 radical (unpaired) electrons. The lowest BCUT2D eigenvalue weighted by Gasteiger charge is -2.15. The van der Waals surface area contributed by atoms with Gasteiger partial charge in [0, 0.05) is 22.2 Å². The lowest BCUT2D eigenvalue weighted by Crippen LogP contribution is -2.21. The van der Waals surface area contributed by atoms with E-state index in [1.54, 1.807) is 18.2 Å². The molecule has 0 fully saturated rings. The molecule has 0 aliphatic rings. The molecule has 0 aliphatic heterocycles. The molecular formula is C16H17Cl2NO2. The van der Waals surface area contributed by atoms with Crippen LogP contribution in [0.1, 0.15) is 24.1 Å². The molecule has 0 saturated carbocycles. The van der Waals surface area contributed by atoms with Gasteiger partial charge in [-0.2, -0.15) is 0 Å². The molecule has 2 aromatic rings. The standard InChI is InChI=1S/C16H17Cl2NO2/c1-10(12-6-14(20)9-15(21)7-12)19-5-4-11-2-3-13(17)8-16(11)18/h2-3,6-10,19-21H,4-5H2,1H3. The third kappa shape index (κ3) is 4.53. The van der Waals surface area contributed by atoms with Crippen molar-refractivity contribution in [3.05, 3.63) is 57.6 Å². The van der Waals surface area contributed by atoms with Gasteiger partial charge in [-0.05, 0) is 55.3 Å². The number of phenols is 2. The third-order valence-electron chi connectivity index (χ3n) is 3.28. The quantitative estimate of drug-likeness (QED) is 0.768. The number of aromatic hydroxyl groups is 2. The summed E-state index contributed by atoms with van der Waals surface area (Å²) in [6, 6.07) is 10.0. The minimum Gasteiger partial charge on any atom is -0.508 e. The fraction of sp³-hybridized carbons (Fsp3) is 0.250. The molecule has 1 unspecified atom stereocenters. The lowest BCUT2D eigenvalue weighted by molar-refractivity contribution is 0.446. The summed E-state index contributed by atoms with van der Waals surface area (Å²) in [6.07, 6.45) is 0.769. The number of halogens is 2. The van der Waals surface area contributed by atoms with Gasteiger partial charge in [-0.25, -0.2) is 0 Å². The van der Waals surface area contributed by atoms with E-state index in [1.165, 1.54) is 6.07 Å². The Bertz CT molecular complexity index is 611. The first-order valence-electron chi connectivity index (χ1n) is 6.66. The zero-order valence-electron chi connectivity index (χ0n) is 11.6. The maximum atomic E-state index is 9.49.